The van der Waals surface area contributed by atoms with Gasteiger partial charge in [0, 0.05) is 45.5 Å². The first-order valence-electron chi connectivity index (χ1n) is 10.4. The zero-order chi connectivity index (χ0) is 22.7. The highest BCUT2D eigenvalue weighted by atomic mass is 35.5. The molecule has 2 heterocycles. The highest BCUT2D eigenvalue weighted by Crippen LogP contribution is 2.26. The minimum absolute atomic E-state index is 0.593. The molecule has 0 radical (unpaired) electrons. The van der Waals surface area contributed by atoms with Crippen LogP contribution >= 0.6 is 11.6 Å². The highest BCUT2D eigenvalue weighted by molar-refractivity contribution is 6.30. The molecule has 0 amide bonds. The van der Waals surface area contributed by atoms with Gasteiger partial charge in [0.15, 0.2) is 0 Å². The Morgan fingerprint density at radius 1 is 0.719 bits per heavy atom. The Labute approximate surface area is 193 Å². The molecule has 32 heavy (non-hydrogen) atoms. The molecule has 162 valence electrons. The lowest BCUT2D eigenvalue weighted by atomic mass is 10.0. The Morgan fingerprint density at radius 2 is 1.31 bits per heavy atom. The van der Waals surface area contributed by atoms with Crippen LogP contribution in [0.4, 0.5) is 23.1 Å². The number of hydrogen-bond acceptors (Lipinski definition) is 6. The summed E-state index contributed by atoms with van der Waals surface area (Å²) in [4.78, 5) is 18.1. The standard InChI is InChI=1S/C25H25ClN6/c1-15-13-16(2)28-25(27-15)32-22-11-9-21(10-12-22)31-24-23(17(3)29-18(4)30-24)14-19-5-7-20(26)8-6-19/h5-13H,14H2,1-4H3,(H,27,28,32)(H,29,30,31). The smallest absolute Gasteiger partial charge is 0.227 e. The second kappa shape index (κ2) is 9.32. The van der Waals surface area contributed by atoms with Crippen molar-refractivity contribution in [2.45, 2.75) is 34.1 Å². The molecular weight excluding hydrogens is 420 g/mol. The first-order chi connectivity index (χ1) is 15.4. The molecule has 0 spiro atoms. The minimum Gasteiger partial charge on any atom is -0.340 e. The lowest BCUT2D eigenvalue weighted by Crippen LogP contribution is -2.06. The van der Waals surface area contributed by atoms with Gasteiger partial charge in [-0.25, -0.2) is 19.9 Å². The van der Waals surface area contributed by atoms with Crippen LogP contribution in [0.25, 0.3) is 0 Å². The summed E-state index contributed by atoms with van der Waals surface area (Å²) in [6, 6.07) is 17.8. The summed E-state index contributed by atoms with van der Waals surface area (Å²) < 4.78 is 0. The summed E-state index contributed by atoms with van der Waals surface area (Å²) >= 11 is 6.03. The highest BCUT2D eigenvalue weighted by Gasteiger charge is 2.12. The van der Waals surface area contributed by atoms with E-state index in [1.807, 2.05) is 82.3 Å². The largest absolute Gasteiger partial charge is 0.340 e. The third-order valence-corrected chi connectivity index (χ3v) is 5.26. The molecule has 2 aromatic heterocycles. The number of aryl methyl sites for hydroxylation is 4. The summed E-state index contributed by atoms with van der Waals surface area (Å²) in [6.45, 7) is 7.84. The molecule has 0 atom stereocenters. The van der Waals surface area contributed by atoms with Crippen LogP contribution in [0.1, 0.15) is 34.0 Å². The van der Waals surface area contributed by atoms with Crippen LogP contribution in [0, 0.1) is 27.7 Å². The Hall–Kier alpha value is -3.51. The number of anilines is 4. The Kier molecular flexibility index (Phi) is 6.32. The Morgan fingerprint density at radius 3 is 1.94 bits per heavy atom. The second-order valence-electron chi connectivity index (χ2n) is 7.79. The molecule has 4 rings (SSSR count). The number of rotatable bonds is 6. The van der Waals surface area contributed by atoms with Gasteiger partial charge in [-0.2, -0.15) is 0 Å². The van der Waals surface area contributed by atoms with E-state index in [9.17, 15) is 0 Å². The Bertz CT molecular complexity index is 1220. The van der Waals surface area contributed by atoms with Crippen LogP contribution < -0.4 is 10.6 Å². The zero-order valence-electron chi connectivity index (χ0n) is 18.6. The molecule has 0 saturated carbocycles. The maximum absolute atomic E-state index is 6.03. The van der Waals surface area contributed by atoms with E-state index in [1.165, 1.54) is 0 Å². The fourth-order valence-corrected chi connectivity index (χ4v) is 3.67. The van der Waals surface area contributed by atoms with E-state index >= 15 is 0 Å². The van der Waals surface area contributed by atoms with Crippen LogP contribution in [0.3, 0.4) is 0 Å². The molecular formula is C25H25ClN6. The molecule has 0 aliphatic carbocycles. The quantitative estimate of drug-likeness (QED) is 0.367. The van der Waals surface area contributed by atoms with Crippen LogP contribution in [-0.2, 0) is 6.42 Å². The van der Waals surface area contributed by atoms with Crippen LogP contribution in [-0.4, -0.2) is 19.9 Å². The fraction of sp³-hybridized carbons (Fsp3) is 0.200. The predicted octanol–water partition coefficient (Wildman–Crippen LogP) is 6.23. The van der Waals surface area contributed by atoms with Gasteiger partial charge in [-0.1, -0.05) is 23.7 Å². The van der Waals surface area contributed by atoms with E-state index in [0.717, 1.165) is 62.7 Å². The van der Waals surface area contributed by atoms with Gasteiger partial charge in [-0.3, -0.25) is 0 Å². The average Bonchev–Trinajstić information content (AvgIpc) is 2.72. The summed E-state index contributed by atoms with van der Waals surface area (Å²) in [5.41, 5.74) is 6.88. The third-order valence-electron chi connectivity index (χ3n) is 5.01. The molecule has 7 heteroatoms. The summed E-state index contributed by atoms with van der Waals surface area (Å²) in [7, 11) is 0. The van der Waals surface area contributed by atoms with Gasteiger partial charge in [-0.05, 0) is 75.7 Å². The van der Waals surface area contributed by atoms with Gasteiger partial charge >= 0.3 is 0 Å². The topological polar surface area (TPSA) is 75.6 Å². The van der Waals surface area contributed by atoms with E-state index in [0.29, 0.717) is 5.95 Å². The maximum atomic E-state index is 6.03. The molecule has 0 aliphatic heterocycles. The van der Waals surface area contributed by atoms with Crippen molar-refractivity contribution < 1.29 is 0 Å². The van der Waals surface area contributed by atoms with E-state index in [-0.39, 0.29) is 0 Å². The molecule has 6 nitrogen and oxygen atoms in total. The van der Waals surface area contributed by atoms with Crippen molar-refractivity contribution >= 4 is 34.7 Å². The number of hydrogen-bond donors (Lipinski definition) is 2. The molecule has 2 aromatic carbocycles. The van der Waals surface area contributed by atoms with Crippen molar-refractivity contribution in [3.63, 3.8) is 0 Å². The van der Waals surface area contributed by atoms with Crippen LogP contribution in [0.2, 0.25) is 5.02 Å². The van der Waals surface area contributed by atoms with Crippen LogP contribution in [0.15, 0.2) is 54.6 Å². The SMILES string of the molecule is Cc1cc(C)nc(Nc2ccc(Nc3nc(C)nc(C)c3Cc3ccc(Cl)cc3)cc2)n1. The monoisotopic (exact) mass is 444 g/mol. The van der Waals surface area contributed by atoms with Gasteiger partial charge in [0.2, 0.25) is 5.95 Å². The number of nitrogens with one attached hydrogen (secondary N) is 2. The van der Waals surface area contributed by atoms with Crippen molar-refractivity contribution in [1.29, 1.82) is 0 Å². The average molecular weight is 445 g/mol. The normalized spacial score (nSPS) is 10.8. The lowest BCUT2D eigenvalue weighted by molar-refractivity contribution is 0.965. The molecule has 0 aliphatic rings. The number of aromatic nitrogens is 4. The molecule has 0 bridgehead atoms. The van der Waals surface area contributed by atoms with Crippen LogP contribution in [0.5, 0.6) is 0 Å². The molecule has 2 N–H and O–H groups in total. The number of halogens is 1. The number of nitrogens with zero attached hydrogens (tertiary/aromatic N) is 4. The summed E-state index contributed by atoms with van der Waals surface area (Å²) in [5.74, 6) is 2.13. The van der Waals surface area contributed by atoms with Gasteiger partial charge in [0.1, 0.15) is 11.6 Å². The maximum Gasteiger partial charge on any atom is 0.227 e. The minimum atomic E-state index is 0.593. The van der Waals surface area contributed by atoms with E-state index in [2.05, 4.69) is 30.6 Å². The third kappa shape index (κ3) is 5.39. The van der Waals surface area contributed by atoms with E-state index in [1.54, 1.807) is 0 Å². The van der Waals surface area contributed by atoms with E-state index < -0.39 is 0 Å². The van der Waals surface area contributed by atoms with Gasteiger partial charge in [0.05, 0.1) is 0 Å². The van der Waals surface area contributed by atoms with Gasteiger partial charge in [0.25, 0.3) is 0 Å². The fourth-order valence-electron chi connectivity index (χ4n) is 3.54. The second-order valence-corrected chi connectivity index (χ2v) is 8.22. The summed E-state index contributed by atoms with van der Waals surface area (Å²) in [6.07, 6.45) is 0.718. The molecule has 0 unspecified atom stereocenters. The zero-order valence-corrected chi connectivity index (χ0v) is 19.3. The first kappa shape index (κ1) is 21.7. The summed E-state index contributed by atoms with van der Waals surface area (Å²) in [5, 5.41) is 7.44. The molecule has 0 saturated heterocycles. The van der Waals surface area contributed by atoms with Crippen molar-refractivity contribution in [2.24, 2.45) is 0 Å². The predicted molar refractivity (Wildman–Crippen MR) is 130 cm³/mol. The first-order valence-corrected chi connectivity index (χ1v) is 10.8. The van der Waals surface area contributed by atoms with Gasteiger partial charge in [-0.15, -0.1) is 0 Å². The van der Waals surface area contributed by atoms with Gasteiger partial charge < -0.3 is 10.6 Å². The van der Waals surface area contributed by atoms with Crippen molar-refractivity contribution in [2.75, 3.05) is 10.6 Å². The lowest BCUT2D eigenvalue weighted by Gasteiger charge is -2.15. The molecule has 4 aromatic rings. The van der Waals surface area contributed by atoms with Crippen molar-refractivity contribution in [1.82, 2.24) is 19.9 Å². The van der Waals surface area contributed by atoms with E-state index in [4.69, 9.17) is 11.6 Å². The number of benzene rings is 2. The Balaban J connectivity index is 1.55. The van der Waals surface area contributed by atoms with Crippen molar-refractivity contribution in [3.05, 3.63) is 93.7 Å². The van der Waals surface area contributed by atoms with Crippen molar-refractivity contribution in [3.8, 4) is 0 Å². The molecule has 0 fully saturated rings.